The summed E-state index contributed by atoms with van der Waals surface area (Å²) in [7, 11) is -6.29. The molecule has 2 heterocycles. The zero-order valence-corrected chi connectivity index (χ0v) is 30.8. The smallest absolute Gasteiger partial charge is 0.337 e. The molecule has 6 rings (SSSR count). The normalized spacial score (nSPS) is 11.1. The van der Waals surface area contributed by atoms with Crippen LogP contribution in [0.25, 0.3) is 0 Å². The van der Waals surface area contributed by atoms with Crippen LogP contribution < -0.4 is 14.3 Å². The summed E-state index contributed by atoms with van der Waals surface area (Å²) in [6, 6.07) is 37.3. The third kappa shape index (κ3) is 9.60. The van der Waals surface area contributed by atoms with E-state index in [9.17, 15) is 26.4 Å². The standard InChI is InChI=1S/C20H19N3O3S.C20H18N2O4S/c21-13-20(24)17-10-8-16(9-11-17)15-23(18-5-2-1-3-6-18)27(25,26)19-7-4-12-22-14-19;1-26-20(23)17-11-9-16(10-12-17)15-22(18-6-3-2-4-7-18)27(24,25)19-8-5-13-21-14-19/h1-12,14H,13,15,21H2;2-14H,15H2,1H3. The van der Waals surface area contributed by atoms with E-state index in [1.165, 1.54) is 52.6 Å². The highest BCUT2D eigenvalue weighted by atomic mass is 32.2. The fraction of sp³-hybridized carbons (Fsp3) is 0.100. The van der Waals surface area contributed by atoms with E-state index in [-0.39, 0.29) is 35.2 Å². The summed E-state index contributed by atoms with van der Waals surface area (Å²) < 4.78 is 60.0. The maximum absolute atomic E-state index is 13.2. The highest BCUT2D eigenvalue weighted by Gasteiger charge is 2.27. The number of ketones is 1. The number of nitrogens with two attached hydrogens (primary N) is 1. The SMILES string of the molecule is COC(=O)c1ccc(CN(c2ccccc2)S(=O)(=O)c2cccnc2)cc1.NCC(=O)c1ccc(CN(c2ccccc2)S(=O)(=O)c2cccnc2)cc1. The number of rotatable bonds is 13. The first-order valence-electron chi connectivity index (χ1n) is 16.5. The van der Waals surface area contributed by atoms with E-state index in [2.05, 4.69) is 14.7 Å². The van der Waals surface area contributed by atoms with Gasteiger partial charge in [-0.05, 0) is 71.8 Å². The molecule has 0 fully saturated rings. The van der Waals surface area contributed by atoms with Gasteiger partial charge < -0.3 is 10.5 Å². The number of anilines is 2. The van der Waals surface area contributed by atoms with Crippen LogP contribution in [0.4, 0.5) is 11.4 Å². The minimum Gasteiger partial charge on any atom is -0.465 e. The summed E-state index contributed by atoms with van der Waals surface area (Å²) in [5.41, 5.74) is 8.86. The van der Waals surface area contributed by atoms with Gasteiger partial charge in [0.15, 0.2) is 5.78 Å². The lowest BCUT2D eigenvalue weighted by atomic mass is 10.1. The molecule has 276 valence electrons. The molecular weight excluding hydrogens is 727 g/mol. The Hall–Kier alpha value is -6.22. The van der Waals surface area contributed by atoms with Crippen LogP contribution in [0.5, 0.6) is 0 Å². The van der Waals surface area contributed by atoms with Gasteiger partial charge in [0.2, 0.25) is 0 Å². The lowest BCUT2D eigenvalue weighted by Gasteiger charge is -2.24. The van der Waals surface area contributed by atoms with Gasteiger partial charge in [0.05, 0.1) is 43.7 Å². The minimum atomic E-state index is -3.80. The molecule has 0 aliphatic rings. The Balaban J connectivity index is 0.000000208. The van der Waals surface area contributed by atoms with Crippen molar-refractivity contribution in [1.82, 2.24) is 9.97 Å². The van der Waals surface area contributed by atoms with E-state index in [0.717, 1.165) is 11.1 Å². The van der Waals surface area contributed by atoms with Crippen LogP contribution in [0.2, 0.25) is 0 Å². The number of ether oxygens (including phenoxy) is 1. The number of Topliss-reactive ketones (excluding diaryl/α,β-unsaturated/α-hetero) is 1. The van der Waals surface area contributed by atoms with Gasteiger partial charge in [-0.1, -0.05) is 72.8 Å². The predicted molar refractivity (Wildman–Crippen MR) is 206 cm³/mol. The Morgan fingerprint density at radius 2 is 0.981 bits per heavy atom. The van der Waals surface area contributed by atoms with Crippen LogP contribution in [-0.4, -0.2) is 52.2 Å². The molecule has 0 radical (unpaired) electrons. The molecular formula is C40H37N5O7S2. The van der Waals surface area contributed by atoms with Crippen LogP contribution in [0, 0.1) is 0 Å². The van der Waals surface area contributed by atoms with Gasteiger partial charge in [-0.3, -0.25) is 23.4 Å². The van der Waals surface area contributed by atoms with Crippen molar-refractivity contribution in [2.24, 2.45) is 5.73 Å². The van der Waals surface area contributed by atoms with Crippen LogP contribution in [0.3, 0.4) is 0 Å². The number of sulfonamides is 2. The summed E-state index contributed by atoms with van der Waals surface area (Å²) in [6.45, 7) is 0.173. The van der Waals surface area contributed by atoms with Crippen LogP contribution >= 0.6 is 0 Å². The summed E-state index contributed by atoms with van der Waals surface area (Å²) in [5, 5.41) is 0. The number of methoxy groups -OCH3 is 1. The number of para-hydroxylation sites is 2. The second-order valence-electron chi connectivity index (χ2n) is 11.6. The molecule has 0 unspecified atom stereocenters. The summed E-state index contributed by atoms with van der Waals surface area (Å²) in [6.07, 6.45) is 5.70. The van der Waals surface area contributed by atoms with Gasteiger partial charge in [0.1, 0.15) is 9.79 Å². The zero-order valence-electron chi connectivity index (χ0n) is 29.2. The second kappa shape index (κ2) is 18.0. The minimum absolute atomic E-state index is 0.0646. The first kappa shape index (κ1) is 39.0. The van der Waals surface area contributed by atoms with Crippen LogP contribution in [0.1, 0.15) is 31.8 Å². The van der Waals surface area contributed by atoms with Gasteiger partial charge in [0.25, 0.3) is 20.0 Å². The van der Waals surface area contributed by atoms with Gasteiger partial charge in [-0.25, -0.2) is 21.6 Å². The van der Waals surface area contributed by atoms with E-state index in [1.54, 1.807) is 109 Å². The Morgan fingerprint density at radius 1 is 0.574 bits per heavy atom. The number of pyridine rings is 2. The fourth-order valence-corrected chi connectivity index (χ4v) is 8.02. The molecule has 0 aliphatic heterocycles. The van der Waals surface area contributed by atoms with E-state index in [0.29, 0.717) is 22.5 Å². The van der Waals surface area contributed by atoms with Crippen molar-refractivity contribution in [2.45, 2.75) is 22.9 Å². The van der Waals surface area contributed by atoms with Crippen molar-refractivity contribution in [3.63, 3.8) is 0 Å². The molecule has 6 aromatic rings. The molecule has 0 bridgehead atoms. The molecule has 2 N–H and O–H groups in total. The topological polar surface area (TPSA) is 170 Å². The fourth-order valence-electron chi connectivity index (χ4n) is 5.18. The molecule has 0 saturated heterocycles. The van der Waals surface area contributed by atoms with Gasteiger partial charge in [0, 0.05) is 30.4 Å². The number of hydrogen-bond donors (Lipinski definition) is 1. The van der Waals surface area contributed by atoms with E-state index in [4.69, 9.17) is 5.73 Å². The van der Waals surface area contributed by atoms with Gasteiger partial charge in [-0.2, -0.15) is 0 Å². The van der Waals surface area contributed by atoms with Gasteiger partial charge in [-0.15, -0.1) is 0 Å². The number of benzene rings is 4. The molecule has 54 heavy (non-hydrogen) atoms. The summed E-state index contributed by atoms with van der Waals surface area (Å²) >= 11 is 0. The third-order valence-corrected chi connectivity index (χ3v) is 11.5. The van der Waals surface area contributed by atoms with Crippen molar-refractivity contribution in [2.75, 3.05) is 22.3 Å². The zero-order chi connectivity index (χ0) is 38.6. The molecule has 0 amide bonds. The van der Waals surface area contributed by atoms with E-state index >= 15 is 0 Å². The van der Waals surface area contributed by atoms with Crippen molar-refractivity contribution < 1.29 is 31.2 Å². The van der Waals surface area contributed by atoms with Crippen LogP contribution in [0.15, 0.2) is 168 Å². The number of carbonyl (C=O) groups is 2. The number of nitrogens with zero attached hydrogens (tertiary/aromatic N) is 4. The lowest BCUT2D eigenvalue weighted by molar-refractivity contribution is 0.0600. The number of esters is 1. The quantitative estimate of drug-likeness (QED) is 0.111. The molecule has 4 aromatic carbocycles. The highest BCUT2D eigenvalue weighted by Crippen LogP contribution is 2.27. The lowest BCUT2D eigenvalue weighted by Crippen LogP contribution is -2.30. The first-order chi connectivity index (χ1) is 26.0. The average Bonchev–Trinajstić information content (AvgIpc) is 3.23. The van der Waals surface area contributed by atoms with Crippen molar-refractivity contribution in [3.8, 4) is 0 Å². The Kier molecular flexibility index (Phi) is 13.0. The van der Waals surface area contributed by atoms with Crippen molar-refractivity contribution in [3.05, 3.63) is 181 Å². The van der Waals surface area contributed by atoms with E-state index in [1.807, 2.05) is 12.1 Å². The molecule has 0 saturated carbocycles. The predicted octanol–water partition coefficient (Wildman–Crippen LogP) is 5.88. The second-order valence-corrected chi connectivity index (χ2v) is 15.3. The molecule has 0 aliphatic carbocycles. The monoisotopic (exact) mass is 763 g/mol. The third-order valence-electron chi connectivity index (χ3n) is 8.02. The number of aromatic nitrogens is 2. The number of carbonyl (C=O) groups excluding carboxylic acids is 2. The Bertz CT molecular complexity index is 2180. The number of hydrogen-bond acceptors (Lipinski definition) is 10. The maximum Gasteiger partial charge on any atom is 0.337 e. The summed E-state index contributed by atoms with van der Waals surface area (Å²) in [4.78, 5) is 31.3. The van der Waals surface area contributed by atoms with Gasteiger partial charge >= 0.3 is 5.97 Å². The molecule has 0 spiro atoms. The summed E-state index contributed by atoms with van der Waals surface area (Å²) in [5.74, 6) is -0.603. The Morgan fingerprint density at radius 3 is 1.33 bits per heavy atom. The maximum atomic E-state index is 13.2. The first-order valence-corrected chi connectivity index (χ1v) is 19.4. The molecule has 14 heteroatoms. The molecule has 12 nitrogen and oxygen atoms in total. The van der Waals surface area contributed by atoms with Crippen LogP contribution in [-0.2, 0) is 37.9 Å². The van der Waals surface area contributed by atoms with Crippen molar-refractivity contribution in [1.29, 1.82) is 0 Å². The van der Waals surface area contributed by atoms with E-state index < -0.39 is 26.0 Å². The Labute approximate surface area is 314 Å². The molecule has 0 atom stereocenters. The largest absolute Gasteiger partial charge is 0.465 e. The average molecular weight is 764 g/mol. The highest BCUT2D eigenvalue weighted by molar-refractivity contribution is 7.93. The van der Waals surface area contributed by atoms with Crippen molar-refractivity contribution >= 4 is 43.2 Å². The molecule has 2 aromatic heterocycles.